The molecule has 3 aliphatic rings. The quantitative estimate of drug-likeness (QED) is 0.728. The molecule has 2 aliphatic heterocycles. The lowest BCUT2D eigenvalue weighted by atomic mass is 9.93. The van der Waals surface area contributed by atoms with Crippen molar-refractivity contribution in [3.8, 4) is 11.5 Å². The topological polar surface area (TPSA) is 83.5 Å². The molecule has 0 radical (unpaired) electrons. The first-order chi connectivity index (χ1) is 16.9. The van der Waals surface area contributed by atoms with E-state index in [2.05, 4.69) is 12.2 Å². The maximum absolute atomic E-state index is 12.9. The van der Waals surface area contributed by atoms with Crippen molar-refractivity contribution in [2.45, 2.75) is 45.2 Å². The summed E-state index contributed by atoms with van der Waals surface area (Å²) in [6.07, 6.45) is 2.66. The number of benzene rings is 2. The molecule has 1 saturated heterocycles. The molecule has 5 rings (SSSR count). The molecule has 4 unspecified atom stereocenters. The predicted molar refractivity (Wildman–Crippen MR) is 134 cm³/mol. The third-order valence-corrected chi connectivity index (χ3v) is 7.75. The van der Waals surface area contributed by atoms with E-state index < -0.39 is 0 Å². The number of nitrogens with one attached hydrogen (secondary N) is 1. The number of hydrazone groups is 1. The van der Waals surface area contributed by atoms with E-state index in [1.54, 1.807) is 21.3 Å². The normalized spacial score (nSPS) is 25.2. The first kappa shape index (κ1) is 23.2. The highest BCUT2D eigenvalue weighted by molar-refractivity contribution is 6.15. The molecule has 1 N–H and O–H groups in total. The zero-order valence-electron chi connectivity index (χ0n) is 20.9. The Morgan fingerprint density at radius 3 is 2.34 bits per heavy atom. The Labute approximate surface area is 205 Å². The molecule has 2 fully saturated rings. The number of ether oxygens (including phenoxy) is 2. The van der Waals surface area contributed by atoms with Gasteiger partial charge in [0.05, 0.1) is 26.0 Å². The summed E-state index contributed by atoms with van der Waals surface area (Å²) in [5.74, 6) is 2.01. The van der Waals surface area contributed by atoms with E-state index in [0.29, 0.717) is 29.5 Å². The lowest BCUT2D eigenvalue weighted by molar-refractivity contribution is -0.121. The van der Waals surface area contributed by atoms with E-state index in [0.717, 1.165) is 35.2 Å². The number of methoxy groups -OCH3 is 2. The summed E-state index contributed by atoms with van der Waals surface area (Å²) in [5.41, 5.74) is 4.35. The fraction of sp³-hybridized carbons (Fsp3) is 0.444. The number of urea groups is 1. The number of nitrogens with zero attached hydrogens (tertiary/aromatic N) is 3. The van der Waals surface area contributed by atoms with Crippen molar-refractivity contribution >= 4 is 23.3 Å². The lowest BCUT2D eigenvalue weighted by Gasteiger charge is -2.28. The summed E-state index contributed by atoms with van der Waals surface area (Å²) in [6, 6.07) is 11.7. The zero-order chi connectivity index (χ0) is 24.9. The fourth-order valence-corrected chi connectivity index (χ4v) is 5.85. The van der Waals surface area contributed by atoms with E-state index in [1.165, 1.54) is 5.01 Å². The second-order valence-electron chi connectivity index (χ2n) is 9.63. The third-order valence-electron chi connectivity index (χ3n) is 7.75. The van der Waals surface area contributed by atoms with E-state index in [1.807, 2.05) is 48.2 Å². The maximum Gasteiger partial charge on any atom is 0.337 e. The SMILES string of the molecule is CNC(=O)N1N=C(c2ccc(N3C(=O)C4CCC3C4C)cc2)c2cc(OC)c(OC)cc2CC1C. The van der Waals surface area contributed by atoms with Gasteiger partial charge in [-0.05, 0) is 61.9 Å². The van der Waals surface area contributed by atoms with Crippen molar-refractivity contribution < 1.29 is 19.1 Å². The molecule has 2 aromatic carbocycles. The minimum atomic E-state index is -0.272. The van der Waals surface area contributed by atoms with Crippen LogP contribution >= 0.6 is 0 Å². The molecule has 4 atom stereocenters. The van der Waals surface area contributed by atoms with Crippen molar-refractivity contribution in [2.75, 3.05) is 26.2 Å². The van der Waals surface area contributed by atoms with Gasteiger partial charge in [-0.1, -0.05) is 19.1 Å². The van der Waals surface area contributed by atoms with E-state index in [4.69, 9.17) is 14.6 Å². The largest absolute Gasteiger partial charge is 0.493 e. The van der Waals surface area contributed by atoms with Gasteiger partial charge in [-0.25, -0.2) is 9.80 Å². The summed E-state index contributed by atoms with van der Waals surface area (Å²) >= 11 is 0. The maximum atomic E-state index is 12.9. The van der Waals surface area contributed by atoms with Gasteiger partial charge in [0.15, 0.2) is 11.5 Å². The van der Waals surface area contributed by atoms with Gasteiger partial charge < -0.3 is 19.7 Å². The van der Waals surface area contributed by atoms with Crippen LogP contribution in [0, 0.1) is 11.8 Å². The van der Waals surface area contributed by atoms with Crippen LogP contribution in [0.1, 0.15) is 43.4 Å². The summed E-state index contributed by atoms with van der Waals surface area (Å²) in [7, 11) is 4.82. The third kappa shape index (κ3) is 3.72. The van der Waals surface area contributed by atoms with Crippen LogP contribution in [0.2, 0.25) is 0 Å². The van der Waals surface area contributed by atoms with Crippen molar-refractivity contribution in [3.63, 3.8) is 0 Å². The van der Waals surface area contributed by atoms with E-state index >= 15 is 0 Å². The molecule has 8 heteroatoms. The summed E-state index contributed by atoms with van der Waals surface area (Å²) < 4.78 is 11.1. The second kappa shape index (κ2) is 8.91. The molecule has 184 valence electrons. The highest BCUT2D eigenvalue weighted by Gasteiger charge is 2.50. The van der Waals surface area contributed by atoms with Crippen molar-refractivity contribution in [1.29, 1.82) is 0 Å². The zero-order valence-corrected chi connectivity index (χ0v) is 20.9. The Bertz CT molecular complexity index is 1190. The predicted octanol–water partition coefficient (Wildman–Crippen LogP) is 3.80. The Morgan fingerprint density at radius 1 is 1.06 bits per heavy atom. The van der Waals surface area contributed by atoms with Crippen molar-refractivity contribution in [2.24, 2.45) is 16.9 Å². The Hall–Kier alpha value is -3.55. The van der Waals surface area contributed by atoms with Gasteiger partial charge in [0.25, 0.3) is 0 Å². The number of carbonyl (C=O) groups excluding carboxylic acids is 2. The number of amides is 3. The molecule has 3 amide bonds. The van der Waals surface area contributed by atoms with Gasteiger partial charge in [-0.15, -0.1) is 0 Å². The van der Waals surface area contributed by atoms with Gasteiger partial charge in [0.2, 0.25) is 5.91 Å². The van der Waals surface area contributed by atoms with Gasteiger partial charge in [0.1, 0.15) is 0 Å². The van der Waals surface area contributed by atoms with Gasteiger partial charge in [-0.2, -0.15) is 5.10 Å². The average molecular weight is 477 g/mol. The van der Waals surface area contributed by atoms with Crippen LogP contribution in [0.3, 0.4) is 0 Å². The first-order valence-corrected chi connectivity index (χ1v) is 12.2. The molecular formula is C27H32N4O4. The van der Waals surface area contributed by atoms with Crippen molar-refractivity contribution in [1.82, 2.24) is 10.3 Å². The molecule has 1 saturated carbocycles. The Morgan fingerprint density at radius 2 is 1.74 bits per heavy atom. The average Bonchev–Trinajstić information content (AvgIpc) is 3.30. The molecule has 2 heterocycles. The monoisotopic (exact) mass is 476 g/mol. The fourth-order valence-electron chi connectivity index (χ4n) is 5.85. The number of hydrogen-bond acceptors (Lipinski definition) is 5. The van der Waals surface area contributed by atoms with Gasteiger partial charge in [-0.3, -0.25) is 4.79 Å². The number of rotatable bonds is 4. The van der Waals surface area contributed by atoms with Crippen LogP contribution in [-0.2, 0) is 11.2 Å². The minimum Gasteiger partial charge on any atom is -0.493 e. The first-order valence-electron chi connectivity index (χ1n) is 12.2. The summed E-state index contributed by atoms with van der Waals surface area (Å²) in [5, 5.41) is 9.01. The van der Waals surface area contributed by atoms with Crippen LogP contribution in [0.25, 0.3) is 0 Å². The van der Waals surface area contributed by atoms with Crippen LogP contribution in [0.5, 0.6) is 11.5 Å². The molecule has 0 aromatic heterocycles. The Kier molecular flexibility index (Phi) is 5.91. The molecule has 1 aliphatic carbocycles. The standard InChI is InChI=1S/C27H32N4O4/c1-15-12-18-13-23(34-4)24(35-5)14-21(18)25(29-31(15)27(33)28-3)17-6-8-19(9-7-17)30-22-11-10-20(16(22)2)26(30)32/h6-9,13-16,20,22H,10-12H2,1-5H3,(H,28,33). The number of anilines is 1. The van der Waals surface area contributed by atoms with Crippen LogP contribution < -0.4 is 19.7 Å². The Balaban J connectivity index is 1.58. The molecular weight excluding hydrogens is 444 g/mol. The van der Waals surface area contributed by atoms with E-state index in [-0.39, 0.29) is 29.9 Å². The lowest BCUT2D eigenvalue weighted by Crippen LogP contribution is -2.41. The smallest absolute Gasteiger partial charge is 0.337 e. The molecule has 35 heavy (non-hydrogen) atoms. The van der Waals surface area contributed by atoms with Crippen LogP contribution in [-0.4, -0.2) is 56.0 Å². The summed E-state index contributed by atoms with van der Waals surface area (Å²) in [4.78, 5) is 27.6. The van der Waals surface area contributed by atoms with E-state index in [9.17, 15) is 9.59 Å². The molecule has 0 spiro atoms. The van der Waals surface area contributed by atoms with Crippen LogP contribution in [0.15, 0.2) is 41.5 Å². The number of fused-ring (bicyclic) bond motifs is 3. The number of piperidine rings is 1. The number of hydrogen-bond donors (Lipinski definition) is 1. The van der Waals surface area contributed by atoms with Gasteiger partial charge in [0, 0.05) is 35.8 Å². The number of carbonyl (C=O) groups is 2. The molecule has 2 bridgehead atoms. The van der Waals surface area contributed by atoms with Gasteiger partial charge >= 0.3 is 6.03 Å². The molecule has 8 nitrogen and oxygen atoms in total. The molecule has 2 aromatic rings. The highest BCUT2D eigenvalue weighted by Crippen LogP contribution is 2.45. The second-order valence-corrected chi connectivity index (χ2v) is 9.63. The minimum absolute atomic E-state index is 0.142. The van der Waals surface area contributed by atoms with Crippen LogP contribution in [0.4, 0.5) is 10.5 Å². The summed E-state index contributed by atoms with van der Waals surface area (Å²) in [6.45, 7) is 4.16. The highest BCUT2D eigenvalue weighted by atomic mass is 16.5. The van der Waals surface area contributed by atoms with Crippen molar-refractivity contribution in [3.05, 3.63) is 53.1 Å².